The van der Waals surface area contributed by atoms with E-state index in [9.17, 15) is 0 Å². The molecule has 0 unspecified atom stereocenters. The molecule has 0 radical (unpaired) electrons. The van der Waals surface area contributed by atoms with E-state index < -0.39 is 0 Å². The van der Waals surface area contributed by atoms with Crippen LogP contribution in [0, 0.1) is 0 Å². The number of halogens is 2. The number of nitrogen functional groups attached to an aromatic ring is 1. The van der Waals surface area contributed by atoms with Crippen LogP contribution < -0.4 is 10.5 Å². The summed E-state index contributed by atoms with van der Waals surface area (Å²) in [5.74, 6) is 0.432. The van der Waals surface area contributed by atoms with Crippen LogP contribution in [0.25, 0.3) is 0 Å². The van der Waals surface area contributed by atoms with Gasteiger partial charge < -0.3 is 10.5 Å². The van der Waals surface area contributed by atoms with Crippen molar-refractivity contribution in [3.05, 3.63) is 46.1 Å². The second kappa shape index (κ2) is 5.21. The number of anilines is 1. The van der Waals surface area contributed by atoms with Crippen LogP contribution >= 0.6 is 23.2 Å². The zero-order valence-electron chi connectivity index (χ0n) is 8.73. The van der Waals surface area contributed by atoms with Crippen LogP contribution in [0.4, 0.5) is 5.95 Å². The van der Waals surface area contributed by atoms with Gasteiger partial charge in [-0.15, -0.1) is 0 Å². The molecule has 0 bridgehead atoms. The zero-order valence-corrected chi connectivity index (χ0v) is 10.2. The topological polar surface area (TPSA) is 61.0 Å². The number of aromatic nitrogens is 2. The highest BCUT2D eigenvalue weighted by molar-refractivity contribution is 6.30. The molecule has 88 valence electrons. The van der Waals surface area contributed by atoms with E-state index in [1.54, 1.807) is 12.1 Å². The lowest BCUT2D eigenvalue weighted by atomic mass is 10.2. The first-order valence-corrected chi connectivity index (χ1v) is 5.56. The minimum Gasteiger partial charge on any atom is -0.473 e. The molecule has 0 saturated heterocycles. The lowest BCUT2D eigenvalue weighted by molar-refractivity contribution is 0.294. The van der Waals surface area contributed by atoms with E-state index in [0.717, 1.165) is 5.56 Å². The van der Waals surface area contributed by atoms with Gasteiger partial charge in [0.2, 0.25) is 11.8 Å². The Morgan fingerprint density at radius 3 is 2.47 bits per heavy atom. The third kappa shape index (κ3) is 3.47. The summed E-state index contributed by atoms with van der Waals surface area (Å²) < 4.78 is 5.43. The fourth-order valence-corrected chi connectivity index (χ4v) is 1.53. The minimum absolute atomic E-state index is 0.0867. The number of hydrogen-bond acceptors (Lipinski definition) is 4. The second-order valence-corrected chi connectivity index (χ2v) is 4.13. The van der Waals surface area contributed by atoms with Crippen molar-refractivity contribution in [1.29, 1.82) is 0 Å². The Morgan fingerprint density at radius 1 is 1.12 bits per heavy atom. The van der Waals surface area contributed by atoms with Crippen molar-refractivity contribution in [1.82, 2.24) is 9.97 Å². The van der Waals surface area contributed by atoms with E-state index in [4.69, 9.17) is 33.7 Å². The standard InChI is InChI=1S/C11H9Cl2N3O/c12-8-3-1-7(2-4-8)6-17-10-5-9(13)15-11(14)16-10/h1-5H,6H2,(H2,14,15,16). The number of benzene rings is 1. The molecule has 1 heterocycles. The highest BCUT2D eigenvalue weighted by Crippen LogP contribution is 2.16. The van der Waals surface area contributed by atoms with Crippen LogP contribution in [0.1, 0.15) is 5.56 Å². The molecular formula is C11H9Cl2N3O. The number of nitrogens with zero attached hydrogens (tertiary/aromatic N) is 2. The van der Waals surface area contributed by atoms with Crippen molar-refractivity contribution in [3.8, 4) is 5.88 Å². The number of rotatable bonds is 3. The van der Waals surface area contributed by atoms with Crippen LogP contribution in [0.2, 0.25) is 10.2 Å². The Bertz CT molecular complexity index is 496. The largest absolute Gasteiger partial charge is 0.473 e. The number of ether oxygens (including phenoxy) is 1. The van der Waals surface area contributed by atoms with Crippen molar-refractivity contribution in [2.45, 2.75) is 6.61 Å². The molecule has 1 aromatic heterocycles. The summed E-state index contributed by atoms with van der Waals surface area (Å²) >= 11 is 11.5. The maximum absolute atomic E-state index is 5.77. The number of nitrogens with two attached hydrogens (primary N) is 1. The van der Waals surface area contributed by atoms with Crippen LogP contribution in [-0.4, -0.2) is 9.97 Å². The van der Waals surface area contributed by atoms with E-state index in [1.807, 2.05) is 12.1 Å². The van der Waals surface area contributed by atoms with Crippen molar-refractivity contribution in [2.24, 2.45) is 0 Å². The summed E-state index contributed by atoms with van der Waals surface area (Å²) in [5.41, 5.74) is 6.42. The molecule has 4 nitrogen and oxygen atoms in total. The first kappa shape index (κ1) is 12.0. The van der Waals surface area contributed by atoms with Gasteiger partial charge in [0.1, 0.15) is 11.8 Å². The minimum atomic E-state index is 0.0867. The van der Waals surface area contributed by atoms with Crippen LogP contribution in [0.3, 0.4) is 0 Å². The van der Waals surface area contributed by atoms with Crippen molar-refractivity contribution < 1.29 is 4.74 Å². The fourth-order valence-electron chi connectivity index (χ4n) is 1.23. The molecule has 0 saturated carbocycles. The van der Waals surface area contributed by atoms with Gasteiger partial charge >= 0.3 is 0 Å². The van der Waals surface area contributed by atoms with Gasteiger partial charge in [0, 0.05) is 11.1 Å². The summed E-state index contributed by atoms with van der Waals surface area (Å²) in [4.78, 5) is 7.64. The van der Waals surface area contributed by atoms with Gasteiger partial charge in [-0.3, -0.25) is 0 Å². The van der Waals surface area contributed by atoms with Gasteiger partial charge in [0.25, 0.3) is 0 Å². The van der Waals surface area contributed by atoms with Gasteiger partial charge in [-0.05, 0) is 17.7 Å². The van der Waals surface area contributed by atoms with Crippen LogP contribution in [-0.2, 0) is 6.61 Å². The highest BCUT2D eigenvalue weighted by atomic mass is 35.5. The first-order chi connectivity index (χ1) is 8.13. The van der Waals surface area contributed by atoms with Gasteiger partial charge in [-0.2, -0.15) is 4.98 Å². The van der Waals surface area contributed by atoms with Gasteiger partial charge in [-0.1, -0.05) is 35.3 Å². The summed E-state index contributed by atoms with van der Waals surface area (Å²) in [7, 11) is 0. The second-order valence-electron chi connectivity index (χ2n) is 3.30. The first-order valence-electron chi connectivity index (χ1n) is 4.81. The van der Waals surface area contributed by atoms with Crippen molar-refractivity contribution in [2.75, 3.05) is 5.73 Å². The lowest BCUT2D eigenvalue weighted by Gasteiger charge is -2.06. The molecule has 0 aliphatic rings. The maximum Gasteiger partial charge on any atom is 0.224 e. The molecule has 2 rings (SSSR count). The average molecular weight is 270 g/mol. The Kier molecular flexibility index (Phi) is 3.66. The molecular weight excluding hydrogens is 261 g/mol. The molecule has 2 N–H and O–H groups in total. The Hall–Kier alpha value is -1.52. The Labute approximate surface area is 108 Å². The summed E-state index contributed by atoms with van der Waals surface area (Å²) in [5, 5.41) is 0.937. The van der Waals surface area contributed by atoms with Crippen LogP contribution in [0.5, 0.6) is 5.88 Å². The molecule has 0 atom stereocenters. The third-order valence-corrected chi connectivity index (χ3v) is 2.43. The van der Waals surface area contributed by atoms with E-state index in [2.05, 4.69) is 9.97 Å². The quantitative estimate of drug-likeness (QED) is 0.871. The van der Waals surface area contributed by atoms with Gasteiger partial charge in [0.05, 0.1) is 0 Å². The van der Waals surface area contributed by atoms with Crippen molar-refractivity contribution in [3.63, 3.8) is 0 Å². The number of hydrogen-bond donors (Lipinski definition) is 1. The summed E-state index contributed by atoms with van der Waals surface area (Å²) in [6, 6.07) is 8.83. The zero-order chi connectivity index (χ0) is 12.3. The molecule has 2 aromatic rings. The van der Waals surface area contributed by atoms with Gasteiger partial charge in [-0.25, -0.2) is 4.98 Å². The summed E-state index contributed by atoms with van der Waals surface area (Å²) in [6.07, 6.45) is 0. The monoisotopic (exact) mass is 269 g/mol. The van der Waals surface area contributed by atoms with Crippen molar-refractivity contribution >= 4 is 29.2 Å². The fraction of sp³-hybridized carbons (Fsp3) is 0.0909. The molecule has 6 heteroatoms. The molecule has 0 fully saturated rings. The molecule has 1 aromatic carbocycles. The van der Waals surface area contributed by atoms with E-state index in [-0.39, 0.29) is 11.1 Å². The maximum atomic E-state index is 5.77. The normalized spacial score (nSPS) is 10.2. The van der Waals surface area contributed by atoms with Crippen LogP contribution in [0.15, 0.2) is 30.3 Å². The summed E-state index contributed by atoms with van der Waals surface area (Å²) in [6.45, 7) is 0.365. The van der Waals surface area contributed by atoms with E-state index >= 15 is 0 Å². The smallest absolute Gasteiger partial charge is 0.224 e. The Balaban J connectivity index is 2.04. The molecule has 0 spiro atoms. The predicted molar refractivity (Wildman–Crippen MR) is 67.2 cm³/mol. The molecule has 0 amide bonds. The molecule has 0 aliphatic heterocycles. The van der Waals surface area contributed by atoms with E-state index in [0.29, 0.717) is 17.5 Å². The molecule has 17 heavy (non-hydrogen) atoms. The lowest BCUT2D eigenvalue weighted by Crippen LogP contribution is -2.01. The Morgan fingerprint density at radius 2 is 1.82 bits per heavy atom. The molecule has 0 aliphatic carbocycles. The SMILES string of the molecule is Nc1nc(Cl)cc(OCc2ccc(Cl)cc2)n1. The average Bonchev–Trinajstić information content (AvgIpc) is 2.27. The van der Waals surface area contributed by atoms with E-state index in [1.165, 1.54) is 6.07 Å². The predicted octanol–water partition coefficient (Wildman–Crippen LogP) is 2.94. The highest BCUT2D eigenvalue weighted by Gasteiger charge is 2.02. The van der Waals surface area contributed by atoms with Gasteiger partial charge in [0.15, 0.2) is 0 Å². The third-order valence-electron chi connectivity index (χ3n) is 1.99.